The first kappa shape index (κ1) is 12.9. The fourth-order valence-corrected chi connectivity index (χ4v) is 3.89. The molecule has 0 radical (unpaired) electrons. The molecule has 0 amide bonds. The van der Waals surface area contributed by atoms with Crippen molar-refractivity contribution >= 4 is 5.69 Å². The highest BCUT2D eigenvalue weighted by Crippen LogP contribution is 2.38. The van der Waals surface area contributed by atoms with Crippen molar-refractivity contribution in [1.82, 2.24) is 4.98 Å². The van der Waals surface area contributed by atoms with Gasteiger partial charge in [0.05, 0.1) is 6.61 Å². The molecule has 1 N–H and O–H groups in total. The summed E-state index contributed by atoms with van der Waals surface area (Å²) in [4.78, 5) is 6.89. The zero-order valence-corrected chi connectivity index (χ0v) is 11.8. The summed E-state index contributed by atoms with van der Waals surface area (Å²) in [6, 6.07) is 2.84. The molecule has 3 nitrogen and oxygen atoms in total. The van der Waals surface area contributed by atoms with Crippen molar-refractivity contribution in [3.05, 3.63) is 23.5 Å². The first-order valence-corrected chi connectivity index (χ1v) is 7.62. The quantitative estimate of drug-likeness (QED) is 0.888. The largest absolute Gasteiger partial charge is 0.392 e. The zero-order valence-electron chi connectivity index (χ0n) is 11.8. The van der Waals surface area contributed by atoms with Crippen LogP contribution in [0.1, 0.15) is 49.8 Å². The number of aliphatic hydroxyl groups is 1. The second-order valence-corrected chi connectivity index (χ2v) is 6.06. The lowest BCUT2D eigenvalue weighted by Gasteiger charge is -2.46. The molecule has 0 spiro atoms. The van der Waals surface area contributed by atoms with Gasteiger partial charge in [0, 0.05) is 35.7 Å². The van der Waals surface area contributed by atoms with Crippen LogP contribution in [0.15, 0.2) is 12.3 Å². The van der Waals surface area contributed by atoms with Gasteiger partial charge in [-0.05, 0) is 44.6 Å². The first-order chi connectivity index (χ1) is 9.29. The van der Waals surface area contributed by atoms with Crippen molar-refractivity contribution in [2.75, 3.05) is 11.4 Å². The van der Waals surface area contributed by atoms with Gasteiger partial charge in [-0.1, -0.05) is 12.8 Å². The van der Waals surface area contributed by atoms with E-state index in [9.17, 15) is 5.11 Å². The average molecular weight is 260 g/mol. The van der Waals surface area contributed by atoms with Gasteiger partial charge < -0.3 is 10.0 Å². The maximum absolute atomic E-state index is 9.57. The van der Waals surface area contributed by atoms with E-state index in [0.29, 0.717) is 6.04 Å². The van der Waals surface area contributed by atoms with Gasteiger partial charge in [0.2, 0.25) is 0 Å². The summed E-state index contributed by atoms with van der Waals surface area (Å²) < 4.78 is 0. The lowest BCUT2D eigenvalue weighted by atomic mass is 9.78. The van der Waals surface area contributed by atoms with Crippen molar-refractivity contribution in [2.24, 2.45) is 5.92 Å². The van der Waals surface area contributed by atoms with E-state index in [1.807, 2.05) is 13.1 Å². The second kappa shape index (κ2) is 5.49. The van der Waals surface area contributed by atoms with Crippen LogP contribution in [-0.4, -0.2) is 22.7 Å². The Balaban J connectivity index is 1.93. The van der Waals surface area contributed by atoms with Crippen LogP contribution in [0, 0.1) is 12.8 Å². The van der Waals surface area contributed by atoms with Gasteiger partial charge in [0.15, 0.2) is 0 Å². The maximum Gasteiger partial charge on any atom is 0.0717 e. The minimum atomic E-state index is 0.0938. The summed E-state index contributed by atoms with van der Waals surface area (Å²) in [5.41, 5.74) is 3.26. The van der Waals surface area contributed by atoms with Crippen LogP contribution in [-0.2, 0) is 6.61 Å². The van der Waals surface area contributed by atoms with Crippen molar-refractivity contribution in [3.8, 4) is 0 Å². The number of hydrogen-bond donors (Lipinski definition) is 1. The maximum atomic E-state index is 9.57. The number of aromatic nitrogens is 1. The summed E-state index contributed by atoms with van der Waals surface area (Å²) in [6.45, 7) is 3.26. The average Bonchev–Trinajstić information content (AvgIpc) is 2.46. The molecule has 2 heterocycles. The molecule has 2 atom stereocenters. The van der Waals surface area contributed by atoms with Crippen LogP contribution in [0.4, 0.5) is 5.69 Å². The number of nitrogens with zero attached hydrogens (tertiary/aromatic N) is 2. The molecule has 2 fully saturated rings. The number of fused-ring (bicyclic) bond motifs is 1. The molecule has 1 aromatic rings. The zero-order chi connectivity index (χ0) is 13.2. The molecule has 1 saturated carbocycles. The number of rotatable bonds is 2. The third-order valence-electron chi connectivity index (χ3n) is 4.82. The van der Waals surface area contributed by atoms with Crippen molar-refractivity contribution in [1.29, 1.82) is 0 Å². The molecule has 1 saturated heterocycles. The standard InChI is InChI=1S/C16H24N2O/c1-12-9-16(14(11-19)10-17-12)18-8-4-6-13-5-2-3-7-15(13)18/h9-10,13,15,19H,2-8,11H2,1H3. The van der Waals surface area contributed by atoms with Crippen LogP contribution in [0.5, 0.6) is 0 Å². The molecule has 1 aliphatic heterocycles. The van der Waals surface area contributed by atoms with Gasteiger partial charge in [0.1, 0.15) is 0 Å². The SMILES string of the molecule is Cc1cc(N2CCCC3CCCCC32)c(CO)cn1. The van der Waals surface area contributed by atoms with Crippen LogP contribution in [0.25, 0.3) is 0 Å². The molecule has 3 rings (SSSR count). The molecule has 2 unspecified atom stereocenters. The molecular formula is C16H24N2O. The highest BCUT2D eigenvalue weighted by atomic mass is 16.3. The molecule has 104 valence electrons. The summed E-state index contributed by atoms with van der Waals surface area (Å²) >= 11 is 0. The van der Waals surface area contributed by atoms with E-state index in [2.05, 4.69) is 16.0 Å². The molecule has 1 aliphatic carbocycles. The summed E-state index contributed by atoms with van der Waals surface area (Å²) in [5.74, 6) is 0.863. The second-order valence-electron chi connectivity index (χ2n) is 6.06. The monoisotopic (exact) mass is 260 g/mol. The normalized spacial score (nSPS) is 27.2. The lowest BCUT2D eigenvalue weighted by Crippen LogP contribution is -2.47. The van der Waals surface area contributed by atoms with E-state index < -0.39 is 0 Å². The molecular weight excluding hydrogens is 236 g/mol. The number of anilines is 1. The summed E-state index contributed by atoms with van der Waals surface area (Å²) in [6.07, 6.45) is 9.98. The highest BCUT2D eigenvalue weighted by molar-refractivity contribution is 5.54. The number of pyridine rings is 1. The third kappa shape index (κ3) is 2.48. The predicted octanol–water partition coefficient (Wildman–Crippen LogP) is 3.04. The Bertz CT molecular complexity index is 444. The molecule has 19 heavy (non-hydrogen) atoms. The van der Waals surface area contributed by atoms with E-state index in [-0.39, 0.29) is 6.61 Å². The van der Waals surface area contributed by atoms with E-state index in [0.717, 1.165) is 23.7 Å². The Labute approximate surface area is 115 Å². The van der Waals surface area contributed by atoms with E-state index in [4.69, 9.17) is 0 Å². The number of aliphatic hydroxyl groups excluding tert-OH is 1. The van der Waals surface area contributed by atoms with E-state index >= 15 is 0 Å². The Hall–Kier alpha value is -1.09. The Morgan fingerprint density at radius 3 is 2.89 bits per heavy atom. The van der Waals surface area contributed by atoms with Crippen molar-refractivity contribution < 1.29 is 5.11 Å². The molecule has 2 aliphatic rings. The molecule has 1 aromatic heterocycles. The minimum absolute atomic E-state index is 0.0938. The van der Waals surface area contributed by atoms with Gasteiger partial charge in [-0.25, -0.2) is 0 Å². The Morgan fingerprint density at radius 1 is 1.26 bits per heavy atom. The fourth-order valence-electron chi connectivity index (χ4n) is 3.89. The van der Waals surface area contributed by atoms with E-state index in [1.165, 1.54) is 44.2 Å². The summed E-state index contributed by atoms with van der Waals surface area (Å²) in [7, 11) is 0. The summed E-state index contributed by atoms with van der Waals surface area (Å²) in [5, 5.41) is 9.57. The Kier molecular flexibility index (Phi) is 3.74. The van der Waals surface area contributed by atoms with Crippen LogP contribution < -0.4 is 4.90 Å². The first-order valence-electron chi connectivity index (χ1n) is 7.62. The Morgan fingerprint density at radius 2 is 2.05 bits per heavy atom. The lowest BCUT2D eigenvalue weighted by molar-refractivity contribution is 0.241. The van der Waals surface area contributed by atoms with E-state index in [1.54, 1.807) is 0 Å². The highest BCUT2D eigenvalue weighted by Gasteiger charge is 2.34. The van der Waals surface area contributed by atoms with Crippen LogP contribution in [0.3, 0.4) is 0 Å². The fraction of sp³-hybridized carbons (Fsp3) is 0.688. The smallest absolute Gasteiger partial charge is 0.0717 e. The minimum Gasteiger partial charge on any atom is -0.392 e. The predicted molar refractivity (Wildman–Crippen MR) is 77.2 cm³/mol. The van der Waals surface area contributed by atoms with Gasteiger partial charge >= 0.3 is 0 Å². The van der Waals surface area contributed by atoms with Crippen molar-refractivity contribution in [2.45, 2.75) is 58.1 Å². The van der Waals surface area contributed by atoms with Gasteiger partial charge in [0.25, 0.3) is 0 Å². The molecule has 3 heteroatoms. The van der Waals surface area contributed by atoms with Crippen molar-refractivity contribution in [3.63, 3.8) is 0 Å². The third-order valence-corrected chi connectivity index (χ3v) is 4.82. The number of piperidine rings is 1. The number of hydrogen-bond acceptors (Lipinski definition) is 3. The van der Waals surface area contributed by atoms with Crippen LogP contribution in [0.2, 0.25) is 0 Å². The van der Waals surface area contributed by atoms with Crippen LogP contribution >= 0.6 is 0 Å². The van der Waals surface area contributed by atoms with Gasteiger partial charge in [-0.15, -0.1) is 0 Å². The van der Waals surface area contributed by atoms with Gasteiger partial charge in [-0.3, -0.25) is 4.98 Å². The number of aryl methyl sites for hydroxylation is 1. The molecule has 0 aromatic carbocycles. The van der Waals surface area contributed by atoms with Gasteiger partial charge in [-0.2, -0.15) is 0 Å². The molecule has 0 bridgehead atoms. The topological polar surface area (TPSA) is 36.4 Å².